The number of methoxy groups -OCH3 is 1. The first kappa shape index (κ1) is 16.2. The van der Waals surface area contributed by atoms with Gasteiger partial charge < -0.3 is 19.3 Å². The quantitative estimate of drug-likeness (QED) is 0.780. The van der Waals surface area contributed by atoms with Gasteiger partial charge in [0.15, 0.2) is 0 Å². The summed E-state index contributed by atoms with van der Waals surface area (Å²) in [4.78, 5) is 24.9. The Morgan fingerprint density at radius 3 is 2.75 bits per heavy atom. The molecule has 1 heterocycles. The highest BCUT2D eigenvalue weighted by Gasteiger charge is 2.22. The molecule has 1 N–H and O–H groups in total. The molecule has 0 bridgehead atoms. The van der Waals surface area contributed by atoms with E-state index >= 15 is 0 Å². The maximum atomic E-state index is 12.5. The third kappa shape index (κ3) is 4.09. The summed E-state index contributed by atoms with van der Waals surface area (Å²) in [6.07, 6.45) is 1.82. The number of aromatic nitrogens is 1. The standard InChI is InChI=1S/C14H22N2O4/c1-4-15(10-11(2)14(18)19)13(17)12-6-5-7-16(12)8-9-20-3/h5-7,11H,4,8-10H2,1-3H3,(H,18,19). The van der Waals surface area contributed by atoms with Gasteiger partial charge in [-0.25, -0.2) is 0 Å². The second kappa shape index (κ2) is 7.69. The van der Waals surface area contributed by atoms with Gasteiger partial charge in [0.1, 0.15) is 5.69 Å². The third-order valence-electron chi connectivity index (χ3n) is 3.17. The normalized spacial score (nSPS) is 12.2. The van der Waals surface area contributed by atoms with Crippen LogP contribution in [0.4, 0.5) is 0 Å². The summed E-state index contributed by atoms with van der Waals surface area (Å²) >= 11 is 0. The van der Waals surface area contributed by atoms with Crippen LogP contribution in [0.25, 0.3) is 0 Å². The van der Waals surface area contributed by atoms with Gasteiger partial charge in [0, 0.05) is 32.9 Å². The molecule has 1 aromatic rings. The minimum Gasteiger partial charge on any atom is -0.481 e. The lowest BCUT2D eigenvalue weighted by Gasteiger charge is -2.23. The Morgan fingerprint density at radius 1 is 1.50 bits per heavy atom. The molecule has 112 valence electrons. The highest BCUT2D eigenvalue weighted by atomic mass is 16.5. The molecule has 0 spiro atoms. The van der Waals surface area contributed by atoms with Crippen molar-refractivity contribution in [1.29, 1.82) is 0 Å². The minimum absolute atomic E-state index is 0.151. The van der Waals surface area contributed by atoms with Gasteiger partial charge in [0.05, 0.1) is 12.5 Å². The van der Waals surface area contributed by atoms with Crippen molar-refractivity contribution < 1.29 is 19.4 Å². The molecular formula is C14H22N2O4. The third-order valence-corrected chi connectivity index (χ3v) is 3.17. The van der Waals surface area contributed by atoms with Crippen LogP contribution in [0.3, 0.4) is 0 Å². The van der Waals surface area contributed by atoms with E-state index in [0.29, 0.717) is 25.4 Å². The van der Waals surface area contributed by atoms with Crippen molar-refractivity contribution in [3.05, 3.63) is 24.0 Å². The number of carboxylic acid groups (broad SMARTS) is 1. The zero-order valence-electron chi connectivity index (χ0n) is 12.2. The largest absolute Gasteiger partial charge is 0.481 e. The molecule has 1 amide bonds. The lowest BCUT2D eigenvalue weighted by molar-refractivity contribution is -0.141. The summed E-state index contributed by atoms with van der Waals surface area (Å²) in [6, 6.07) is 3.55. The molecule has 1 rings (SSSR count). The topological polar surface area (TPSA) is 71.8 Å². The van der Waals surface area contributed by atoms with Crippen molar-refractivity contribution in [3.63, 3.8) is 0 Å². The molecule has 1 aromatic heterocycles. The maximum Gasteiger partial charge on any atom is 0.308 e. The molecule has 0 saturated heterocycles. The second-order valence-electron chi connectivity index (χ2n) is 4.66. The SMILES string of the molecule is CCN(CC(C)C(=O)O)C(=O)c1cccn1CCOC. The van der Waals surface area contributed by atoms with Crippen LogP contribution in [0, 0.1) is 5.92 Å². The molecule has 6 heteroatoms. The zero-order chi connectivity index (χ0) is 15.1. The Balaban J connectivity index is 2.80. The Labute approximate surface area is 118 Å². The minimum atomic E-state index is -0.897. The smallest absolute Gasteiger partial charge is 0.308 e. The molecular weight excluding hydrogens is 260 g/mol. The zero-order valence-corrected chi connectivity index (χ0v) is 12.2. The van der Waals surface area contributed by atoms with Crippen molar-refractivity contribution in [2.75, 3.05) is 26.8 Å². The van der Waals surface area contributed by atoms with Crippen LogP contribution >= 0.6 is 0 Å². The molecule has 20 heavy (non-hydrogen) atoms. The van der Waals surface area contributed by atoms with E-state index in [4.69, 9.17) is 9.84 Å². The van der Waals surface area contributed by atoms with E-state index in [-0.39, 0.29) is 12.5 Å². The Bertz CT molecular complexity index is 456. The molecule has 0 aliphatic carbocycles. The van der Waals surface area contributed by atoms with Crippen molar-refractivity contribution in [1.82, 2.24) is 9.47 Å². The number of carboxylic acids is 1. The van der Waals surface area contributed by atoms with Gasteiger partial charge in [-0.05, 0) is 19.1 Å². The summed E-state index contributed by atoms with van der Waals surface area (Å²) < 4.78 is 6.83. The van der Waals surface area contributed by atoms with Gasteiger partial charge in [0.2, 0.25) is 0 Å². The number of rotatable bonds is 8. The second-order valence-corrected chi connectivity index (χ2v) is 4.66. The van der Waals surface area contributed by atoms with Crippen LogP contribution in [-0.4, -0.2) is 53.3 Å². The van der Waals surface area contributed by atoms with Gasteiger partial charge in [-0.1, -0.05) is 6.92 Å². The number of aliphatic carboxylic acids is 1. The summed E-state index contributed by atoms with van der Waals surface area (Å²) in [5.41, 5.74) is 0.557. The van der Waals surface area contributed by atoms with Crippen molar-refractivity contribution in [2.24, 2.45) is 5.92 Å². The van der Waals surface area contributed by atoms with Crippen LogP contribution in [0.1, 0.15) is 24.3 Å². The molecule has 1 atom stereocenters. The van der Waals surface area contributed by atoms with Gasteiger partial charge >= 0.3 is 5.97 Å². The van der Waals surface area contributed by atoms with E-state index in [1.165, 1.54) is 0 Å². The van der Waals surface area contributed by atoms with Crippen molar-refractivity contribution in [2.45, 2.75) is 20.4 Å². The van der Waals surface area contributed by atoms with Crippen LogP contribution in [0.15, 0.2) is 18.3 Å². The van der Waals surface area contributed by atoms with E-state index in [1.54, 1.807) is 31.1 Å². The number of carbonyl (C=O) groups excluding carboxylic acids is 1. The summed E-state index contributed by atoms with van der Waals surface area (Å²) in [5.74, 6) is -1.63. The van der Waals surface area contributed by atoms with E-state index in [0.717, 1.165) is 0 Å². The summed E-state index contributed by atoms with van der Waals surface area (Å²) in [6.45, 7) is 5.24. The van der Waals surface area contributed by atoms with Crippen LogP contribution in [-0.2, 0) is 16.1 Å². The molecule has 0 saturated carbocycles. The number of carbonyl (C=O) groups is 2. The molecule has 6 nitrogen and oxygen atoms in total. The molecule has 0 aliphatic heterocycles. The van der Waals surface area contributed by atoms with Crippen LogP contribution in [0.2, 0.25) is 0 Å². The fourth-order valence-electron chi connectivity index (χ4n) is 1.92. The highest BCUT2D eigenvalue weighted by Crippen LogP contribution is 2.09. The molecule has 1 unspecified atom stereocenters. The number of hydrogen-bond donors (Lipinski definition) is 1. The lowest BCUT2D eigenvalue weighted by atomic mass is 10.1. The maximum absolute atomic E-state index is 12.5. The predicted molar refractivity (Wildman–Crippen MR) is 74.7 cm³/mol. The fraction of sp³-hybridized carbons (Fsp3) is 0.571. The Kier molecular flexibility index (Phi) is 6.24. The van der Waals surface area contributed by atoms with Gasteiger partial charge in [-0.15, -0.1) is 0 Å². The van der Waals surface area contributed by atoms with Crippen molar-refractivity contribution >= 4 is 11.9 Å². The average molecular weight is 282 g/mol. The highest BCUT2D eigenvalue weighted by molar-refractivity contribution is 5.93. The first-order chi connectivity index (χ1) is 9.51. The summed E-state index contributed by atoms with van der Waals surface area (Å²) in [7, 11) is 1.61. The van der Waals surface area contributed by atoms with Gasteiger partial charge in [-0.3, -0.25) is 9.59 Å². The van der Waals surface area contributed by atoms with Crippen LogP contribution < -0.4 is 0 Å². The molecule has 0 fully saturated rings. The lowest BCUT2D eigenvalue weighted by Crippen LogP contribution is -2.37. The predicted octanol–water partition coefficient (Wildman–Crippen LogP) is 1.32. The first-order valence-corrected chi connectivity index (χ1v) is 6.67. The van der Waals surface area contributed by atoms with Gasteiger partial charge in [0.25, 0.3) is 5.91 Å². The van der Waals surface area contributed by atoms with E-state index in [2.05, 4.69) is 0 Å². The number of ether oxygens (including phenoxy) is 1. The van der Waals surface area contributed by atoms with Crippen molar-refractivity contribution in [3.8, 4) is 0 Å². The molecule has 0 aromatic carbocycles. The molecule has 0 radical (unpaired) electrons. The summed E-state index contributed by atoms with van der Waals surface area (Å²) in [5, 5.41) is 8.95. The Hall–Kier alpha value is -1.82. The fourth-order valence-corrected chi connectivity index (χ4v) is 1.92. The van der Waals surface area contributed by atoms with E-state index in [9.17, 15) is 9.59 Å². The van der Waals surface area contributed by atoms with Crippen LogP contribution in [0.5, 0.6) is 0 Å². The monoisotopic (exact) mass is 282 g/mol. The molecule has 0 aliphatic rings. The van der Waals surface area contributed by atoms with Gasteiger partial charge in [-0.2, -0.15) is 0 Å². The van der Waals surface area contributed by atoms with E-state index < -0.39 is 11.9 Å². The van der Waals surface area contributed by atoms with E-state index in [1.807, 2.05) is 17.7 Å². The number of hydrogen-bond acceptors (Lipinski definition) is 3. The number of amides is 1. The Morgan fingerprint density at radius 2 is 2.20 bits per heavy atom. The number of nitrogens with zero attached hydrogens (tertiary/aromatic N) is 2. The average Bonchev–Trinajstić information content (AvgIpc) is 2.89. The first-order valence-electron chi connectivity index (χ1n) is 6.67.